The first-order valence-electron chi connectivity index (χ1n) is 7.08. The molecule has 2 heteroatoms. The van der Waals surface area contributed by atoms with Crippen molar-refractivity contribution in [3.8, 4) is 0 Å². The van der Waals surface area contributed by atoms with Gasteiger partial charge >= 0.3 is 0 Å². The molecule has 1 saturated heterocycles. The normalized spacial score (nSPS) is 20.2. The molecular weight excluding hydrogens is 217 g/mol. The van der Waals surface area contributed by atoms with Crippen LogP contribution in [0.4, 0.5) is 0 Å². The van der Waals surface area contributed by atoms with Crippen LogP contribution in [0, 0.1) is 0 Å². The molecule has 0 spiro atoms. The minimum atomic E-state index is 0.627. The molecule has 1 fully saturated rings. The summed E-state index contributed by atoms with van der Waals surface area (Å²) in [5, 5.41) is 0. The third kappa shape index (κ3) is 2.59. The minimum absolute atomic E-state index is 0.627. The van der Waals surface area contributed by atoms with E-state index in [2.05, 4.69) is 53.4 Å². The van der Waals surface area contributed by atoms with Gasteiger partial charge in [-0.05, 0) is 31.4 Å². The van der Waals surface area contributed by atoms with Crippen LogP contribution < -0.4 is 5.46 Å². The van der Waals surface area contributed by atoms with E-state index >= 15 is 0 Å². The van der Waals surface area contributed by atoms with E-state index in [0.717, 1.165) is 6.54 Å². The Labute approximate surface area is 110 Å². The second-order valence-corrected chi connectivity index (χ2v) is 5.30. The summed E-state index contributed by atoms with van der Waals surface area (Å²) in [6.45, 7) is 2.99. The van der Waals surface area contributed by atoms with Gasteiger partial charge in [-0.25, -0.2) is 0 Å². The SMILES string of the molecule is C1=CC(CN2CCCB2c2ccccc2)=CCC1. The molecule has 1 aromatic carbocycles. The lowest BCUT2D eigenvalue weighted by Gasteiger charge is -2.23. The highest BCUT2D eigenvalue weighted by Gasteiger charge is 2.29. The van der Waals surface area contributed by atoms with Gasteiger partial charge in [0.2, 0.25) is 0 Å². The quantitative estimate of drug-likeness (QED) is 0.730. The average molecular weight is 237 g/mol. The highest BCUT2D eigenvalue weighted by molar-refractivity contribution is 6.71. The number of hydrogen-bond donors (Lipinski definition) is 0. The van der Waals surface area contributed by atoms with Crippen molar-refractivity contribution < 1.29 is 0 Å². The molecule has 1 nitrogen and oxygen atoms in total. The molecule has 3 rings (SSSR count). The number of benzene rings is 1. The Balaban J connectivity index is 1.72. The number of nitrogens with zero attached hydrogens (tertiary/aromatic N) is 1. The van der Waals surface area contributed by atoms with E-state index in [4.69, 9.17) is 0 Å². The summed E-state index contributed by atoms with van der Waals surface area (Å²) in [5.74, 6) is 0. The Morgan fingerprint density at radius 2 is 2.00 bits per heavy atom. The summed E-state index contributed by atoms with van der Waals surface area (Å²) in [7, 11) is 0. The van der Waals surface area contributed by atoms with Gasteiger partial charge in [-0.15, -0.1) is 0 Å². The summed E-state index contributed by atoms with van der Waals surface area (Å²) in [5.41, 5.74) is 2.99. The van der Waals surface area contributed by atoms with Crippen LogP contribution in [0.3, 0.4) is 0 Å². The first kappa shape index (κ1) is 11.8. The number of allylic oxidation sites excluding steroid dienone is 2. The number of hydrogen-bond acceptors (Lipinski definition) is 1. The van der Waals surface area contributed by atoms with Crippen LogP contribution in [0.25, 0.3) is 0 Å². The van der Waals surface area contributed by atoms with Crippen molar-refractivity contribution in [1.82, 2.24) is 4.81 Å². The maximum Gasteiger partial charge on any atom is 0.257 e. The average Bonchev–Trinajstić information content (AvgIpc) is 2.89. The van der Waals surface area contributed by atoms with Gasteiger partial charge in [0.15, 0.2) is 0 Å². The van der Waals surface area contributed by atoms with Crippen LogP contribution >= 0.6 is 0 Å². The van der Waals surface area contributed by atoms with Crippen LogP contribution in [-0.4, -0.2) is 24.7 Å². The van der Waals surface area contributed by atoms with E-state index in [1.165, 1.54) is 43.2 Å². The third-order valence-corrected chi connectivity index (χ3v) is 4.01. The van der Waals surface area contributed by atoms with Crippen molar-refractivity contribution in [2.75, 3.05) is 13.1 Å². The molecule has 1 heterocycles. The molecule has 0 atom stereocenters. The fourth-order valence-electron chi connectivity index (χ4n) is 3.09. The van der Waals surface area contributed by atoms with E-state index in [1.54, 1.807) is 0 Å². The van der Waals surface area contributed by atoms with E-state index in [-0.39, 0.29) is 0 Å². The van der Waals surface area contributed by atoms with E-state index in [9.17, 15) is 0 Å². The van der Waals surface area contributed by atoms with E-state index < -0.39 is 0 Å². The monoisotopic (exact) mass is 237 g/mol. The fourth-order valence-corrected chi connectivity index (χ4v) is 3.09. The van der Waals surface area contributed by atoms with Gasteiger partial charge in [-0.2, -0.15) is 0 Å². The first-order valence-corrected chi connectivity index (χ1v) is 7.08. The predicted octanol–water partition coefficient (Wildman–Crippen LogP) is 2.87. The molecule has 18 heavy (non-hydrogen) atoms. The largest absolute Gasteiger partial charge is 0.334 e. The van der Waals surface area contributed by atoms with Crippen molar-refractivity contribution >= 4 is 12.3 Å². The van der Waals surface area contributed by atoms with Crippen LogP contribution in [0.1, 0.15) is 19.3 Å². The summed E-state index contributed by atoms with van der Waals surface area (Å²) < 4.78 is 0. The molecule has 1 aliphatic heterocycles. The lowest BCUT2D eigenvalue weighted by Crippen LogP contribution is -2.44. The molecule has 2 aliphatic rings. The highest BCUT2D eigenvalue weighted by atomic mass is 15.1. The Bertz CT molecular complexity index is 449. The Morgan fingerprint density at radius 3 is 2.78 bits per heavy atom. The topological polar surface area (TPSA) is 3.24 Å². The third-order valence-electron chi connectivity index (χ3n) is 4.01. The lowest BCUT2D eigenvalue weighted by atomic mass is 9.54. The molecule has 0 bridgehead atoms. The maximum absolute atomic E-state index is 2.64. The van der Waals surface area contributed by atoms with Crippen molar-refractivity contribution in [2.24, 2.45) is 0 Å². The zero-order valence-corrected chi connectivity index (χ0v) is 10.9. The lowest BCUT2D eigenvalue weighted by molar-refractivity contribution is 0.510. The summed E-state index contributed by atoms with van der Waals surface area (Å²) in [6, 6.07) is 11.0. The molecular formula is C16H20BN. The van der Waals surface area contributed by atoms with Gasteiger partial charge < -0.3 is 4.81 Å². The van der Waals surface area contributed by atoms with Crippen LogP contribution in [0.15, 0.2) is 54.1 Å². The summed E-state index contributed by atoms with van der Waals surface area (Å²) in [4.78, 5) is 2.64. The molecule has 0 amide bonds. The summed E-state index contributed by atoms with van der Waals surface area (Å²) >= 11 is 0. The second kappa shape index (κ2) is 5.58. The van der Waals surface area contributed by atoms with Gasteiger partial charge in [-0.1, -0.05) is 60.3 Å². The second-order valence-electron chi connectivity index (χ2n) is 5.30. The van der Waals surface area contributed by atoms with Gasteiger partial charge in [0.1, 0.15) is 0 Å². The molecule has 0 saturated carbocycles. The Morgan fingerprint density at radius 1 is 1.11 bits per heavy atom. The first-order chi connectivity index (χ1) is 8.93. The maximum atomic E-state index is 2.64. The molecule has 0 radical (unpaired) electrons. The Kier molecular flexibility index (Phi) is 3.65. The van der Waals surface area contributed by atoms with Gasteiger partial charge in [0.25, 0.3) is 6.85 Å². The van der Waals surface area contributed by atoms with Gasteiger partial charge in [0, 0.05) is 6.54 Å². The standard InChI is InChI=1S/C16H20BN/c1-3-8-15(9-4-1)14-18-13-7-12-17(18)16-10-5-2-6-11-16/h2-3,5-6,8-11H,1,4,7,12-14H2. The molecule has 0 N–H and O–H groups in total. The van der Waals surface area contributed by atoms with E-state index in [0.29, 0.717) is 6.85 Å². The van der Waals surface area contributed by atoms with Crippen molar-refractivity contribution in [2.45, 2.75) is 25.6 Å². The smallest absolute Gasteiger partial charge is 0.257 e. The molecule has 0 aromatic heterocycles. The number of rotatable bonds is 3. The molecule has 1 aromatic rings. The minimum Gasteiger partial charge on any atom is -0.334 e. The summed E-state index contributed by atoms with van der Waals surface area (Å²) in [6.07, 6.45) is 12.1. The predicted molar refractivity (Wildman–Crippen MR) is 79.3 cm³/mol. The van der Waals surface area contributed by atoms with E-state index in [1.807, 2.05) is 0 Å². The van der Waals surface area contributed by atoms with Crippen molar-refractivity contribution in [3.63, 3.8) is 0 Å². The highest BCUT2D eigenvalue weighted by Crippen LogP contribution is 2.19. The zero-order chi connectivity index (χ0) is 12.2. The Hall–Kier alpha value is -1.28. The van der Waals surface area contributed by atoms with Crippen molar-refractivity contribution in [3.05, 3.63) is 54.1 Å². The fraction of sp³-hybridized carbons (Fsp3) is 0.375. The zero-order valence-electron chi connectivity index (χ0n) is 10.9. The van der Waals surface area contributed by atoms with Crippen LogP contribution in [0.5, 0.6) is 0 Å². The molecule has 92 valence electrons. The van der Waals surface area contributed by atoms with Crippen molar-refractivity contribution in [1.29, 1.82) is 0 Å². The van der Waals surface area contributed by atoms with Gasteiger partial charge in [0.05, 0.1) is 0 Å². The molecule has 1 aliphatic carbocycles. The molecule has 0 unspecified atom stereocenters. The van der Waals surface area contributed by atoms with Crippen LogP contribution in [-0.2, 0) is 0 Å². The van der Waals surface area contributed by atoms with Gasteiger partial charge in [-0.3, -0.25) is 0 Å². The van der Waals surface area contributed by atoms with Crippen LogP contribution in [0.2, 0.25) is 6.32 Å².